The van der Waals surface area contributed by atoms with Crippen molar-refractivity contribution in [2.45, 2.75) is 6.61 Å². The maximum Gasteiger partial charge on any atom is 0.331 e. The van der Waals surface area contributed by atoms with Crippen LogP contribution in [0.25, 0.3) is 17.3 Å². The number of halogens is 1. The number of hydrogen-bond donors (Lipinski definition) is 0. The van der Waals surface area contributed by atoms with Crippen LogP contribution in [-0.4, -0.2) is 23.2 Å². The highest BCUT2D eigenvalue weighted by molar-refractivity contribution is 6.32. The lowest BCUT2D eigenvalue weighted by Gasteiger charge is -1.99. The molecule has 0 saturated carbocycles. The maximum absolute atomic E-state index is 11.9. The van der Waals surface area contributed by atoms with E-state index in [-0.39, 0.29) is 17.3 Å². The average molecular weight is 415 g/mol. The van der Waals surface area contributed by atoms with Gasteiger partial charge in [0.1, 0.15) is 16.5 Å². The first-order valence-corrected chi connectivity index (χ1v) is 8.73. The predicted octanol–water partition coefficient (Wildman–Crippen LogP) is 4.67. The summed E-state index contributed by atoms with van der Waals surface area (Å²) in [5.74, 6) is 0.467. The highest BCUT2D eigenvalue weighted by Crippen LogP contribution is 2.26. The van der Waals surface area contributed by atoms with E-state index in [2.05, 4.69) is 5.16 Å². The molecule has 0 saturated heterocycles. The number of hydrogen-bond acceptors (Lipinski definition) is 7. The molecular formula is C20H15ClN2O6. The van der Waals surface area contributed by atoms with E-state index in [1.807, 2.05) is 12.1 Å². The molecule has 3 rings (SSSR count). The predicted molar refractivity (Wildman–Crippen MR) is 105 cm³/mol. The molecular weight excluding hydrogens is 400 g/mol. The number of carbonyl (C=O) groups is 1. The molecule has 0 bridgehead atoms. The van der Waals surface area contributed by atoms with Crippen LogP contribution in [0.4, 0.5) is 5.69 Å². The topological polar surface area (TPSA) is 105 Å². The molecule has 2 aromatic carbocycles. The second kappa shape index (κ2) is 9.03. The first-order valence-electron chi connectivity index (χ1n) is 8.35. The van der Waals surface area contributed by atoms with Crippen molar-refractivity contribution in [1.29, 1.82) is 0 Å². The third-order valence-corrected chi connectivity index (χ3v) is 4.20. The first kappa shape index (κ1) is 20.1. The fourth-order valence-corrected chi connectivity index (χ4v) is 2.59. The van der Waals surface area contributed by atoms with Crippen molar-refractivity contribution < 1.29 is 23.7 Å². The van der Waals surface area contributed by atoms with Crippen LogP contribution < -0.4 is 4.74 Å². The van der Waals surface area contributed by atoms with Gasteiger partial charge in [-0.1, -0.05) is 22.8 Å². The summed E-state index contributed by atoms with van der Waals surface area (Å²) in [6.07, 6.45) is 2.56. The van der Waals surface area contributed by atoms with Gasteiger partial charge in [-0.2, -0.15) is 0 Å². The van der Waals surface area contributed by atoms with Gasteiger partial charge in [-0.3, -0.25) is 10.1 Å². The molecule has 0 aliphatic rings. The quantitative estimate of drug-likeness (QED) is 0.239. The molecule has 3 aromatic rings. The SMILES string of the molecule is COc1ccc(-c2cc(COC(=O)/C=C/c3ccc(Cl)c([N+](=O)[O-])c3)on2)cc1. The number of aromatic nitrogens is 1. The standard InChI is InChI=1S/C20H15ClN2O6/c1-27-15-6-4-14(5-7-15)18-11-16(29-22-18)12-28-20(24)9-3-13-2-8-17(21)19(10-13)23(25)26/h2-11H,12H2,1H3/b9-3+. The van der Waals surface area contributed by atoms with Crippen LogP contribution in [0.5, 0.6) is 5.75 Å². The van der Waals surface area contributed by atoms with Crippen LogP contribution in [-0.2, 0) is 16.1 Å². The van der Waals surface area contributed by atoms with Crippen molar-refractivity contribution in [3.8, 4) is 17.0 Å². The van der Waals surface area contributed by atoms with Crippen LogP contribution in [0.1, 0.15) is 11.3 Å². The molecule has 0 radical (unpaired) electrons. The summed E-state index contributed by atoms with van der Waals surface area (Å²) in [5, 5.41) is 14.9. The van der Waals surface area contributed by atoms with Gasteiger partial charge in [0.15, 0.2) is 12.4 Å². The third kappa shape index (κ3) is 5.20. The molecule has 0 aliphatic heterocycles. The molecule has 0 N–H and O–H groups in total. The molecule has 0 unspecified atom stereocenters. The van der Waals surface area contributed by atoms with Crippen molar-refractivity contribution >= 4 is 29.3 Å². The van der Waals surface area contributed by atoms with Crippen molar-refractivity contribution in [3.05, 3.63) is 81.1 Å². The Balaban J connectivity index is 1.58. The molecule has 0 atom stereocenters. The summed E-state index contributed by atoms with van der Waals surface area (Å²) in [6, 6.07) is 13.1. The summed E-state index contributed by atoms with van der Waals surface area (Å²) in [5.41, 5.74) is 1.63. The largest absolute Gasteiger partial charge is 0.497 e. The summed E-state index contributed by atoms with van der Waals surface area (Å²) in [6.45, 7) is -0.104. The molecule has 0 aliphatic carbocycles. The van der Waals surface area contributed by atoms with Crippen molar-refractivity contribution in [1.82, 2.24) is 5.16 Å². The smallest absolute Gasteiger partial charge is 0.331 e. The lowest BCUT2D eigenvalue weighted by molar-refractivity contribution is -0.384. The highest BCUT2D eigenvalue weighted by Gasteiger charge is 2.12. The van der Waals surface area contributed by atoms with E-state index < -0.39 is 10.9 Å². The summed E-state index contributed by atoms with van der Waals surface area (Å²) < 4.78 is 15.4. The van der Waals surface area contributed by atoms with Crippen LogP contribution in [0.15, 0.2) is 59.1 Å². The Bertz CT molecular complexity index is 1060. The number of rotatable bonds is 7. The number of carbonyl (C=O) groups excluding carboxylic acids is 1. The number of ether oxygens (including phenoxy) is 2. The van der Waals surface area contributed by atoms with E-state index in [9.17, 15) is 14.9 Å². The molecule has 29 heavy (non-hydrogen) atoms. The molecule has 1 aromatic heterocycles. The Morgan fingerprint density at radius 3 is 2.69 bits per heavy atom. The molecule has 0 fully saturated rings. The Labute approximate surface area is 170 Å². The second-order valence-corrected chi connectivity index (χ2v) is 6.22. The zero-order valence-corrected chi connectivity index (χ0v) is 16.0. The fourth-order valence-electron chi connectivity index (χ4n) is 2.41. The maximum atomic E-state index is 11.9. The fraction of sp³-hybridized carbons (Fsp3) is 0.100. The van der Waals surface area contributed by atoms with E-state index in [4.69, 9.17) is 25.6 Å². The zero-order chi connectivity index (χ0) is 20.8. The van der Waals surface area contributed by atoms with Gasteiger partial charge >= 0.3 is 5.97 Å². The lowest BCUT2D eigenvalue weighted by Crippen LogP contribution is -1.99. The van der Waals surface area contributed by atoms with Gasteiger partial charge in [-0.25, -0.2) is 4.79 Å². The van der Waals surface area contributed by atoms with Crippen LogP contribution in [0, 0.1) is 10.1 Å². The minimum Gasteiger partial charge on any atom is -0.497 e. The Morgan fingerprint density at radius 1 is 1.24 bits per heavy atom. The van der Waals surface area contributed by atoms with E-state index in [1.165, 1.54) is 18.2 Å². The molecule has 8 nitrogen and oxygen atoms in total. The van der Waals surface area contributed by atoms with E-state index >= 15 is 0 Å². The van der Waals surface area contributed by atoms with Crippen molar-refractivity contribution in [2.24, 2.45) is 0 Å². The minimum atomic E-state index is -0.634. The zero-order valence-electron chi connectivity index (χ0n) is 15.2. The van der Waals surface area contributed by atoms with Crippen LogP contribution in [0.3, 0.4) is 0 Å². The Hall–Kier alpha value is -3.65. The van der Waals surface area contributed by atoms with Gasteiger partial charge < -0.3 is 14.0 Å². The van der Waals surface area contributed by atoms with E-state index in [0.29, 0.717) is 17.0 Å². The van der Waals surface area contributed by atoms with Crippen LogP contribution in [0.2, 0.25) is 5.02 Å². The van der Waals surface area contributed by atoms with Gasteiger partial charge in [0.2, 0.25) is 0 Å². The number of nitrogens with zero attached hydrogens (tertiary/aromatic N) is 2. The molecule has 0 spiro atoms. The molecule has 148 valence electrons. The number of nitro groups is 1. The van der Waals surface area contributed by atoms with Gasteiger partial charge in [-0.15, -0.1) is 0 Å². The second-order valence-electron chi connectivity index (χ2n) is 5.82. The molecule has 0 amide bonds. The average Bonchev–Trinajstić information content (AvgIpc) is 3.20. The third-order valence-electron chi connectivity index (χ3n) is 3.88. The number of methoxy groups -OCH3 is 1. The van der Waals surface area contributed by atoms with Gasteiger partial charge in [0.25, 0.3) is 5.69 Å². The first-order chi connectivity index (χ1) is 14.0. The Morgan fingerprint density at radius 2 is 2.00 bits per heavy atom. The summed E-state index contributed by atoms with van der Waals surface area (Å²) in [7, 11) is 1.58. The van der Waals surface area contributed by atoms with E-state index in [1.54, 1.807) is 31.4 Å². The molecule has 9 heteroatoms. The summed E-state index contributed by atoms with van der Waals surface area (Å²) in [4.78, 5) is 22.2. The van der Waals surface area contributed by atoms with Gasteiger partial charge in [0.05, 0.1) is 12.0 Å². The minimum absolute atomic E-state index is 0.0210. The van der Waals surface area contributed by atoms with Crippen LogP contribution >= 0.6 is 11.6 Å². The summed E-state index contributed by atoms with van der Waals surface area (Å²) >= 11 is 5.75. The lowest BCUT2D eigenvalue weighted by atomic mass is 10.1. The molecule has 1 heterocycles. The number of nitro benzene ring substituents is 1. The van der Waals surface area contributed by atoms with E-state index in [0.717, 1.165) is 17.4 Å². The monoisotopic (exact) mass is 414 g/mol. The van der Waals surface area contributed by atoms with Crippen molar-refractivity contribution in [2.75, 3.05) is 7.11 Å². The Kier molecular flexibility index (Phi) is 6.25. The normalized spacial score (nSPS) is 10.8. The van der Waals surface area contributed by atoms with Gasteiger partial charge in [0, 0.05) is 23.8 Å². The van der Waals surface area contributed by atoms with Crippen molar-refractivity contribution in [3.63, 3.8) is 0 Å². The number of benzene rings is 2. The highest BCUT2D eigenvalue weighted by atomic mass is 35.5. The van der Waals surface area contributed by atoms with Gasteiger partial charge in [-0.05, 0) is 42.0 Å². The number of esters is 1.